The summed E-state index contributed by atoms with van der Waals surface area (Å²) in [5, 5.41) is 0. The minimum absolute atomic E-state index is 0.00117. The fraction of sp³-hybridized carbons (Fsp3) is 0.909. The van der Waals surface area contributed by atoms with Crippen LogP contribution in [0.25, 0.3) is 0 Å². The highest BCUT2D eigenvalue weighted by Gasteiger charge is 2.18. The van der Waals surface area contributed by atoms with Crippen molar-refractivity contribution in [1.82, 2.24) is 4.90 Å². The first kappa shape index (κ1) is 11.5. The summed E-state index contributed by atoms with van der Waals surface area (Å²) in [6.07, 6.45) is 2.31. The third-order valence-electron chi connectivity index (χ3n) is 2.77. The fourth-order valence-corrected chi connectivity index (χ4v) is 1.60. The van der Waals surface area contributed by atoms with Gasteiger partial charge in [-0.1, -0.05) is 13.8 Å². The minimum Gasteiger partial charge on any atom is -0.465 e. The van der Waals surface area contributed by atoms with Gasteiger partial charge in [-0.25, -0.2) is 0 Å². The van der Waals surface area contributed by atoms with Crippen LogP contribution in [0.3, 0.4) is 0 Å². The van der Waals surface area contributed by atoms with Gasteiger partial charge >= 0.3 is 5.97 Å². The zero-order chi connectivity index (χ0) is 10.6. The smallest absolute Gasteiger partial charge is 0.308 e. The average molecular weight is 199 g/mol. The van der Waals surface area contributed by atoms with Gasteiger partial charge in [0.25, 0.3) is 0 Å². The Labute approximate surface area is 86.4 Å². The lowest BCUT2D eigenvalue weighted by molar-refractivity contribution is -0.149. The van der Waals surface area contributed by atoms with Crippen molar-refractivity contribution in [3.8, 4) is 0 Å². The molecule has 82 valence electrons. The minimum atomic E-state index is -0.0658. The number of likely N-dealkylation sites (tertiary alicyclic amines) is 1. The van der Waals surface area contributed by atoms with E-state index in [9.17, 15) is 4.79 Å². The Bertz CT molecular complexity index is 184. The van der Waals surface area contributed by atoms with Crippen molar-refractivity contribution in [3.05, 3.63) is 0 Å². The number of rotatable bonds is 3. The summed E-state index contributed by atoms with van der Waals surface area (Å²) in [5.74, 6) is 0.513. The number of carbonyl (C=O) groups excluding carboxylic acids is 1. The van der Waals surface area contributed by atoms with Gasteiger partial charge in [0.05, 0.1) is 12.5 Å². The summed E-state index contributed by atoms with van der Waals surface area (Å²) in [7, 11) is 2.14. The van der Waals surface area contributed by atoms with Crippen LogP contribution in [0.2, 0.25) is 0 Å². The lowest BCUT2D eigenvalue weighted by Gasteiger charge is -2.28. The van der Waals surface area contributed by atoms with E-state index in [4.69, 9.17) is 4.74 Å². The van der Waals surface area contributed by atoms with Crippen molar-refractivity contribution < 1.29 is 9.53 Å². The largest absolute Gasteiger partial charge is 0.465 e. The number of hydrogen-bond donors (Lipinski definition) is 0. The molecule has 0 aromatic heterocycles. The Morgan fingerprint density at radius 2 is 2.00 bits per heavy atom. The summed E-state index contributed by atoms with van der Waals surface area (Å²) in [4.78, 5) is 13.5. The van der Waals surface area contributed by atoms with E-state index in [2.05, 4.69) is 11.9 Å². The van der Waals surface area contributed by atoms with E-state index in [1.807, 2.05) is 13.8 Å². The molecule has 3 nitrogen and oxygen atoms in total. The molecule has 0 aliphatic carbocycles. The van der Waals surface area contributed by atoms with Gasteiger partial charge in [-0.2, -0.15) is 0 Å². The molecule has 0 saturated carbocycles. The van der Waals surface area contributed by atoms with E-state index in [0.717, 1.165) is 25.9 Å². The predicted molar refractivity (Wildman–Crippen MR) is 56.0 cm³/mol. The Morgan fingerprint density at radius 3 is 2.50 bits per heavy atom. The lowest BCUT2D eigenvalue weighted by atomic mass is 9.98. The third-order valence-corrected chi connectivity index (χ3v) is 2.77. The summed E-state index contributed by atoms with van der Waals surface area (Å²) in [5.41, 5.74) is 0. The Morgan fingerprint density at radius 1 is 1.43 bits per heavy atom. The van der Waals surface area contributed by atoms with Gasteiger partial charge < -0.3 is 9.64 Å². The number of esters is 1. The summed E-state index contributed by atoms with van der Waals surface area (Å²) in [6.45, 7) is 6.62. The van der Waals surface area contributed by atoms with Crippen LogP contribution in [0.4, 0.5) is 0 Å². The Hall–Kier alpha value is -0.570. The zero-order valence-electron chi connectivity index (χ0n) is 9.45. The topological polar surface area (TPSA) is 29.5 Å². The first-order valence-corrected chi connectivity index (χ1v) is 5.44. The monoisotopic (exact) mass is 199 g/mol. The maximum absolute atomic E-state index is 11.2. The van der Waals surface area contributed by atoms with Crippen LogP contribution in [-0.4, -0.2) is 37.6 Å². The molecule has 0 unspecified atom stereocenters. The van der Waals surface area contributed by atoms with Crippen LogP contribution in [0.1, 0.15) is 26.7 Å². The molecule has 0 N–H and O–H groups in total. The SMILES string of the molecule is CC(C)C(=O)OCC1CCN(C)CC1. The molecule has 0 bridgehead atoms. The van der Waals surface area contributed by atoms with Crippen molar-refractivity contribution in [1.29, 1.82) is 0 Å². The summed E-state index contributed by atoms with van der Waals surface area (Å²) in [6, 6.07) is 0. The average Bonchev–Trinajstić information content (AvgIpc) is 2.16. The van der Waals surface area contributed by atoms with Gasteiger partial charge in [-0.05, 0) is 38.9 Å². The second kappa shape index (κ2) is 5.35. The molecule has 0 atom stereocenters. The molecule has 0 spiro atoms. The van der Waals surface area contributed by atoms with E-state index in [-0.39, 0.29) is 11.9 Å². The quantitative estimate of drug-likeness (QED) is 0.646. The van der Waals surface area contributed by atoms with Crippen LogP contribution in [0.15, 0.2) is 0 Å². The van der Waals surface area contributed by atoms with Crippen LogP contribution in [0.5, 0.6) is 0 Å². The molecule has 14 heavy (non-hydrogen) atoms. The second-order valence-electron chi connectivity index (χ2n) is 4.53. The molecule has 1 aliphatic heterocycles. The van der Waals surface area contributed by atoms with Gasteiger partial charge in [0.15, 0.2) is 0 Å². The molecular weight excluding hydrogens is 178 g/mol. The molecular formula is C11H21NO2. The molecule has 0 aromatic rings. The van der Waals surface area contributed by atoms with Crippen LogP contribution < -0.4 is 0 Å². The highest BCUT2D eigenvalue weighted by Crippen LogP contribution is 2.16. The lowest BCUT2D eigenvalue weighted by Crippen LogP contribution is -2.32. The fourth-order valence-electron chi connectivity index (χ4n) is 1.60. The Kier molecular flexibility index (Phi) is 4.39. The van der Waals surface area contributed by atoms with Gasteiger partial charge in [-0.15, -0.1) is 0 Å². The van der Waals surface area contributed by atoms with Crippen molar-refractivity contribution >= 4 is 5.97 Å². The molecule has 1 heterocycles. The molecule has 0 aromatic carbocycles. The molecule has 1 aliphatic rings. The normalized spacial score (nSPS) is 20.0. The maximum atomic E-state index is 11.2. The highest BCUT2D eigenvalue weighted by molar-refractivity contribution is 5.71. The maximum Gasteiger partial charge on any atom is 0.308 e. The second-order valence-corrected chi connectivity index (χ2v) is 4.53. The number of carbonyl (C=O) groups is 1. The standard InChI is InChI=1S/C11H21NO2/c1-9(2)11(13)14-8-10-4-6-12(3)7-5-10/h9-10H,4-8H2,1-3H3. The summed E-state index contributed by atoms with van der Waals surface area (Å²) >= 11 is 0. The van der Waals surface area contributed by atoms with E-state index in [1.54, 1.807) is 0 Å². The van der Waals surface area contributed by atoms with E-state index >= 15 is 0 Å². The van der Waals surface area contributed by atoms with Crippen LogP contribution in [-0.2, 0) is 9.53 Å². The van der Waals surface area contributed by atoms with E-state index < -0.39 is 0 Å². The van der Waals surface area contributed by atoms with E-state index in [0.29, 0.717) is 12.5 Å². The first-order valence-electron chi connectivity index (χ1n) is 5.44. The molecule has 0 amide bonds. The van der Waals surface area contributed by atoms with Gasteiger partial charge in [-0.3, -0.25) is 4.79 Å². The number of ether oxygens (including phenoxy) is 1. The number of piperidine rings is 1. The molecule has 3 heteroatoms. The van der Waals surface area contributed by atoms with Crippen LogP contribution >= 0.6 is 0 Å². The van der Waals surface area contributed by atoms with Crippen molar-refractivity contribution in [3.63, 3.8) is 0 Å². The third kappa shape index (κ3) is 3.66. The zero-order valence-corrected chi connectivity index (χ0v) is 9.45. The van der Waals surface area contributed by atoms with Crippen LogP contribution in [0, 0.1) is 11.8 Å². The molecule has 1 rings (SSSR count). The van der Waals surface area contributed by atoms with Gasteiger partial charge in [0, 0.05) is 0 Å². The van der Waals surface area contributed by atoms with Crippen molar-refractivity contribution in [2.45, 2.75) is 26.7 Å². The predicted octanol–water partition coefficient (Wildman–Crippen LogP) is 1.53. The summed E-state index contributed by atoms with van der Waals surface area (Å²) < 4.78 is 5.22. The molecule has 1 fully saturated rings. The van der Waals surface area contributed by atoms with Gasteiger partial charge in [0.2, 0.25) is 0 Å². The van der Waals surface area contributed by atoms with E-state index in [1.165, 1.54) is 0 Å². The number of nitrogens with zero attached hydrogens (tertiary/aromatic N) is 1. The van der Waals surface area contributed by atoms with Crippen molar-refractivity contribution in [2.75, 3.05) is 26.7 Å². The Balaban J connectivity index is 2.16. The molecule has 0 radical (unpaired) electrons. The molecule has 1 saturated heterocycles. The number of hydrogen-bond acceptors (Lipinski definition) is 3. The first-order chi connectivity index (χ1) is 6.59. The van der Waals surface area contributed by atoms with Gasteiger partial charge in [0.1, 0.15) is 0 Å². The van der Waals surface area contributed by atoms with Crippen molar-refractivity contribution in [2.24, 2.45) is 11.8 Å². The highest BCUT2D eigenvalue weighted by atomic mass is 16.5.